The molecule has 0 N–H and O–H groups in total. The minimum Gasteiger partial charge on any atom is -0.469 e. The molecule has 0 saturated heterocycles. The molecule has 0 amide bonds. The fraction of sp³-hybridized carbons (Fsp3) is 0.720. The van der Waals surface area contributed by atoms with Crippen molar-refractivity contribution in [3.8, 4) is 0 Å². The number of hydrogen-bond acceptors (Lipinski definition) is 4. The van der Waals surface area contributed by atoms with Gasteiger partial charge in [-0.3, -0.25) is 4.79 Å². The molecule has 4 nitrogen and oxygen atoms in total. The lowest BCUT2D eigenvalue weighted by atomic mass is 10.1. The van der Waals surface area contributed by atoms with Gasteiger partial charge in [0.15, 0.2) is 16.6 Å². The quantitative estimate of drug-likeness (QED) is 0.0733. The van der Waals surface area contributed by atoms with Crippen molar-refractivity contribution in [2.24, 2.45) is 0 Å². The predicted octanol–water partition coefficient (Wildman–Crippen LogP) is 7.41. The van der Waals surface area contributed by atoms with Gasteiger partial charge in [0.05, 0.1) is 19.3 Å². The molecule has 0 rings (SSSR count). The number of ether oxygens (including phenoxy) is 1. The van der Waals surface area contributed by atoms with Crippen LogP contribution in [0.4, 0.5) is 0 Å². The first-order chi connectivity index (χ1) is 14.5. The van der Waals surface area contributed by atoms with Gasteiger partial charge in [0.1, 0.15) is 0 Å². The van der Waals surface area contributed by atoms with Crippen molar-refractivity contribution in [1.82, 2.24) is 0 Å². The average Bonchev–Trinajstić information content (AvgIpc) is 2.66. The van der Waals surface area contributed by atoms with Crippen molar-refractivity contribution in [3.05, 3.63) is 36.5 Å². The van der Waals surface area contributed by atoms with Gasteiger partial charge >= 0.3 is 5.97 Å². The fourth-order valence-corrected chi connectivity index (χ4v) is 5.09. The molecule has 0 radical (unpaired) electrons. The molecule has 0 spiro atoms. The van der Waals surface area contributed by atoms with Crippen LogP contribution in [0.5, 0.6) is 0 Å². The Kier molecular flexibility index (Phi) is 16.1. The molecule has 0 aromatic heterocycles. The van der Waals surface area contributed by atoms with Crippen LogP contribution in [0.3, 0.4) is 0 Å². The lowest BCUT2D eigenvalue weighted by Crippen LogP contribution is -2.42. The van der Waals surface area contributed by atoms with Crippen LogP contribution in [-0.2, 0) is 18.4 Å². The zero-order valence-electron chi connectivity index (χ0n) is 21.4. The van der Waals surface area contributed by atoms with Crippen molar-refractivity contribution in [2.75, 3.05) is 7.11 Å². The van der Waals surface area contributed by atoms with E-state index in [0.717, 1.165) is 25.7 Å². The van der Waals surface area contributed by atoms with Gasteiger partial charge in [-0.25, -0.2) is 0 Å². The molecule has 0 heterocycles. The molecule has 0 fully saturated rings. The highest BCUT2D eigenvalue weighted by molar-refractivity contribution is 6.70. The predicted molar refractivity (Wildman–Crippen MR) is 138 cm³/mol. The molecule has 31 heavy (non-hydrogen) atoms. The third-order valence-electron chi connectivity index (χ3n) is 4.39. The van der Waals surface area contributed by atoms with Crippen molar-refractivity contribution < 1.29 is 18.4 Å². The summed E-state index contributed by atoms with van der Waals surface area (Å²) in [5.41, 5.74) is 0. The summed E-state index contributed by atoms with van der Waals surface area (Å²) in [5.74, 6) is -0.103. The van der Waals surface area contributed by atoms with E-state index < -0.39 is 16.6 Å². The molecule has 6 heteroatoms. The Hall–Kier alpha value is -0.956. The second-order valence-electron chi connectivity index (χ2n) is 9.92. The van der Waals surface area contributed by atoms with Crippen LogP contribution in [-0.4, -0.2) is 41.9 Å². The molecule has 180 valence electrons. The molecular formula is C25H48O4Si2. The number of carbonyl (C=O) groups excluding carboxylic acids is 1. The van der Waals surface area contributed by atoms with Gasteiger partial charge in [-0.1, -0.05) is 62.6 Å². The summed E-state index contributed by atoms with van der Waals surface area (Å²) in [7, 11) is -1.95. The van der Waals surface area contributed by atoms with E-state index >= 15 is 0 Å². The summed E-state index contributed by atoms with van der Waals surface area (Å²) in [6, 6.07) is 0. The Bertz CT molecular complexity index is 557. The molecule has 0 aromatic carbocycles. The normalized spacial score (nSPS) is 15.2. The van der Waals surface area contributed by atoms with Gasteiger partial charge in [0, 0.05) is 6.42 Å². The maximum absolute atomic E-state index is 11.1. The minimum absolute atomic E-state index is 0.0343. The molecular weight excluding hydrogens is 420 g/mol. The molecule has 0 aliphatic rings. The van der Waals surface area contributed by atoms with E-state index in [0.29, 0.717) is 6.42 Å². The third-order valence-corrected chi connectivity index (χ3v) is 6.35. The lowest BCUT2D eigenvalue weighted by Gasteiger charge is -2.33. The Morgan fingerprint density at radius 2 is 1.32 bits per heavy atom. The highest BCUT2D eigenvalue weighted by Gasteiger charge is 2.29. The number of rotatable bonds is 17. The van der Waals surface area contributed by atoms with Gasteiger partial charge < -0.3 is 13.6 Å². The highest BCUT2D eigenvalue weighted by atomic mass is 28.4. The third kappa shape index (κ3) is 19.5. The van der Waals surface area contributed by atoms with Crippen molar-refractivity contribution >= 4 is 22.6 Å². The minimum atomic E-state index is -1.71. The summed E-state index contributed by atoms with van der Waals surface area (Å²) in [5, 5.41) is 0. The van der Waals surface area contributed by atoms with Gasteiger partial charge in [0.25, 0.3) is 0 Å². The van der Waals surface area contributed by atoms with E-state index in [1.165, 1.54) is 26.4 Å². The number of hydrogen-bond donors (Lipinski definition) is 0. The van der Waals surface area contributed by atoms with Gasteiger partial charge in [-0.05, 0) is 65.0 Å². The Balaban J connectivity index is 4.62. The molecule has 0 unspecified atom stereocenters. The van der Waals surface area contributed by atoms with Crippen molar-refractivity contribution in [2.45, 2.75) is 110 Å². The van der Waals surface area contributed by atoms with Gasteiger partial charge in [-0.2, -0.15) is 0 Å². The highest BCUT2D eigenvalue weighted by Crippen LogP contribution is 2.19. The number of carbonyl (C=O) groups is 1. The van der Waals surface area contributed by atoms with E-state index in [1.54, 1.807) is 0 Å². The maximum atomic E-state index is 11.1. The molecule has 0 aliphatic carbocycles. The molecule has 0 aromatic rings. The fourth-order valence-electron chi connectivity index (χ4n) is 3.03. The number of unbranched alkanes of at least 4 members (excludes halogenated alkanes) is 5. The summed E-state index contributed by atoms with van der Waals surface area (Å²) >= 11 is 0. The first kappa shape index (κ1) is 30.0. The second-order valence-corrected chi connectivity index (χ2v) is 18.8. The standard InChI is InChI=1S/C25H48O4Si2/c1-9-10-20-23(28-30(3,4)5)24(29-31(6,7)8)21-18-16-14-12-11-13-15-17-19-22-25(26)27-2/h10,14,16,18,20-21,23-24H,9,11-13,15,17,19,22H2,1-8H3/b16-14+,20-10-,21-18+/t23-,24-/m0/s1. The molecule has 0 aliphatic heterocycles. The monoisotopic (exact) mass is 468 g/mol. The summed E-state index contributed by atoms with van der Waals surface area (Å²) in [6.45, 7) is 15.5. The topological polar surface area (TPSA) is 44.8 Å². The first-order valence-corrected chi connectivity index (χ1v) is 18.7. The molecule has 0 saturated carbocycles. The first-order valence-electron chi connectivity index (χ1n) is 11.9. The van der Waals surface area contributed by atoms with Crippen LogP contribution in [0.1, 0.15) is 58.3 Å². The Morgan fingerprint density at radius 3 is 1.87 bits per heavy atom. The second kappa shape index (κ2) is 16.6. The van der Waals surface area contributed by atoms with E-state index in [2.05, 4.69) is 87.4 Å². The van der Waals surface area contributed by atoms with Crippen molar-refractivity contribution in [1.29, 1.82) is 0 Å². The lowest BCUT2D eigenvalue weighted by molar-refractivity contribution is -0.140. The average molecular weight is 469 g/mol. The summed E-state index contributed by atoms with van der Waals surface area (Å²) in [4.78, 5) is 11.1. The van der Waals surface area contributed by atoms with Crippen LogP contribution in [0.2, 0.25) is 39.3 Å². The van der Waals surface area contributed by atoms with Crippen LogP contribution in [0.15, 0.2) is 36.5 Å². The van der Waals surface area contributed by atoms with Crippen molar-refractivity contribution in [3.63, 3.8) is 0 Å². The summed E-state index contributed by atoms with van der Waals surface area (Å²) < 4.78 is 17.6. The van der Waals surface area contributed by atoms with Gasteiger partial charge in [-0.15, -0.1) is 0 Å². The van der Waals surface area contributed by atoms with Gasteiger partial charge in [0.2, 0.25) is 0 Å². The maximum Gasteiger partial charge on any atom is 0.305 e. The largest absolute Gasteiger partial charge is 0.469 e. The van der Waals surface area contributed by atoms with Crippen LogP contribution in [0, 0.1) is 0 Å². The Labute approximate surface area is 194 Å². The SMILES string of the molecule is CC/C=C\[C@H](O[Si](C)(C)C)[C@H](/C=C/C=C/CCCCCCCC(=O)OC)O[Si](C)(C)C. The number of allylic oxidation sites excluding steroid dienone is 4. The molecule has 2 atom stereocenters. The summed E-state index contributed by atoms with van der Waals surface area (Å²) in [6.07, 6.45) is 21.1. The Morgan fingerprint density at radius 1 is 0.774 bits per heavy atom. The number of esters is 1. The smallest absolute Gasteiger partial charge is 0.305 e. The van der Waals surface area contributed by atoms with Crippen LogP contribution in [0.25, 0.3) is 0 Å². The zero-order valence-corrected chi connectivity index (χ0v) is 23.4. The van der Waals surface area contributed by atoms with E-state index in [9.17, 15) is 4.79 Å². The zero-order chi connectivity index (χ0) is 23.8. The number of methoxy groups -OCH3 is 1. The van der Waals surface area contributed by atoms with E-state index in [4.69, 9.17) is 8.85 Å². The van der Waals surface area contributed by atoms with Crippen LogP contribution < -0.4 is 0 Å². The van der Waals surface area contributed by atoms with E-state index in [1.807, 2.05) is 0 Å². The molecule has 0 bridgehead atoms. The van der Waals surface area contributed by atoms with E-state index in [-0.39, 0.29) is 18.2 Å². The van der Waals surface area contributed by atoms with Crippen LogP contribution >= 0.6 is 0 Å².